The molecule has 0 bridgehead atoms. The predicted octanol–water partition coefficient (Wildman–Crippen LogP) is 4.17. The molecule has 0 radical (unpaired) electrons. The minimum absolute atomic E-state index is 0.0637. The number of benzene rings is 4. The zero-order chi connectivity index (χ0) is 27.1. The third kappa shape index (κ3) is 3.96. The van der Waals surface area contributed by atoms with E-state index in [4.69, 9.17) is 5.73 Å². The maximum absolute atomic E-state index is 14.1. The normalized spacial score (nSPS) is 17.2. The van der Waals surface area contributed by atoms with Crippen LogP contribution in [0.25, 0.3) is 10.8 Å². The average molecular weight is 508 g/mol. The molecule has 4 aromatic rings. The first-order chi connectivity index (χ1) is 18.2. The quantitative estimate of drug-likeness (QED) is 0.276. The summed E-state index contributed by atoms with van der Waals surface area (Å²) in [5.74, 6) is -5.92. The largest absolute Gasteiger partial charge is 0.508 e. The summed E-state index contributed by atoms with van der Waals surface area (Å²) in [5.41, 5.74) is 7.63. The SMILES string of the molecule is Cc1cccc(C)c1N1C(=O)C(C(=O)Nc2ccccc2C(N)=O)C(c2c(O)ccc3ccccc23)C1=O. The minimum atomic E-state index is -1.51. The van der Waals surface area contributed by atoms with E-state index in [-0.39, 0.29) is 22.6 Å². The smallest absolute Gasteiger partial charge is 0.250 e. The number of phenolic OH excluding ortho intramolecular Hbond substituents is 1. The first-order valence-corrected chi connectivity index (χ1v) is 12.0. The summed E-state index contributed by atoms with van der Waals surface area (Å²) in [5, 5.41) is 14.9. The number of carbonyl (C=O) groups excluding carboxylic acids is 4. The molecule has 4 N–H and O–H groups in total. The third-order valence-electron chi connectivity index (χ3n) is 6.96. The third-order valence-corrected chi connectivity index (χ3v) is 6.96. The van der Waals surface area contributed by atoms with Gasteiger partial charge in [-0.2, -0.15) is 0 Å². The van der Waals surface area contributed by atoms with E-state index in [1.807, 2.05) is 18.2 Å². The van der Waals surface area contributed by atoms with Crippen molar-refractivity contribution >= 4 is 45.8 Å². The molecule has 190 valence electrons. The van der Waals surface area contributed by atoms with Gasteiger partial charge in [-0.1, -0.05) is 60.7 Å². The van der Waals surface area contributed by atoms with Gasteiger partial charge in [0.05, 0.1) is 22.9 Å². The number of nitrogens with zero attached hydrogens (tertiary/aromatic N) is 1. The molecule has 0 aliphatic carbocycles. The standard InChI is InChI=1S/C30H25N3O5/c1-16-8-7-9-17(2)26(16)33-29(37)24(23-19-11-4-3-10-18(19)14-15-22(23)34)25(30(33)38)28(36)32-21-13-6-5-12-20(21)27(31)35/h3-15,24-25,34H,1-2H3,(H2,31,35)(H,32,36). The number of aryl methyl sites for hydroxylation is 2. The Morgan fingerprint density at radius 3 is 2.21 bits per heavy atom. The molecule has 0 aromatic heterocycles. The molecule has 1 aliphatic heterocycles. The lowest BCUT2D eigenvalue weighted by Gasteiger charge is -2.20. The fourth-order valence-electron chi connectivity index (χ4n) is 5.23. The van der Waals surface area contributed by atoms with E-state index in [0.717, 1.165) is 10.3 Å². The van der Waals surface area contributed by atoms with E-state index in [9.17, 15) is 24.3 Å². The van der Waals surface area contributed by atoms with Gasteiger partial charge in [-0.25, -0.2) is 4.90 Å². The van der Waals surface area contributed by atoms with Gasteiger partial charge >= 0.3 is 0 Å². The number of carbonyl (C=O) groups is 4. The number of aromatic hydroxyl groups is 1. The Morgan fingerprint density at radius 1 is 0.842 bits per heavy atom. The van der Waals surface area contributed by atoms with Crippen LogP contribution >= 0.6 is 0 Å². The van der Waals surface area contributed by atoms with Gasteiger partial charge in [-0.05, 0) is 53.9 Å². The van der Waals surface area contributed by atoms with Crippen molar-refractivity contribution < 1.29 is 24.3 Å². The number of phenols is 1. The van der Waals surface area contributed by atoms with Crippen LogP contribution in [0, 0.1) is 19.8 Å². The van der Waals surface area contributed by atoms with Crippen molar-refractivity contribution in [3.63, 3.8) is 0 Å². The van der Waals surface area contributed by atoms with Gasteiger partial charge in [-0.15, -0.1) is 0 Å². The summed E-state index contributed by atoms with van der Waals surface area (Å²) >= 11 is 0. The van der Waals surface area contributed by atoms with Crippen LogP contribution in [0.15, 0.2) is 78.9 Å². The van der Waals surface area contributed by atoms with E-state index in [1.54, 1.807) is 56.3 Å². The summed E-state index contributed by atoms with van der Waals surface area (Å²) < 4.78 is 0. The van der Waals surface area contributed by atoms with E-state index < -0.39 is 35.5 Å². The zero-order valence-corrected chi connectivity index (χ0v) is 20.8. The molecular formula is C30H25N3O5. The highest BCUT2D eigenvalue weighted by Crippen LogP contribution is 2.45. The summed E-state index contributed by atoms with van der Waals surface area (Å²) in [7, 11) is 0. The van der Waals surface area contributed by atoms with Crippen LogP contribution < -0.4 is 16.0 Å². The van der Waals surface area contributed by atoms with Gasteiger partial charge in [0.2, 0.25) is 17.7 Å². The van der Waals surface area contributed by atoms with Crippen molar-refractivity contribution in [3.8, 4) is 5.75 Å². The van der Waals surface area contributed by atoms with Gasteiger partial charge in [-0.3, -0.25) is 19.2 Å². The maximum atomic E-state index is 14.1. The minimum Gasteiger partial charge on any atom is -0.508 e. The summed E-state index contributed by atoms with van der Waals surface area (Å²) in [6, 6.07) is 21.8. The van der Waals surface area contributed by atoms with Crippen LogP contribution in [0.2, 0.25) is 0 Å². The number of primary amides is 1. The number of amides is 4. The molecule has 4 amide bonds. The second-order valence-electron chi connectivity index (χ2n) is 9.33. The Morgan fingerprint density at radius 2 is 1.50 bits per heavy atom. The van der Waals surface area contributed by atoms with Crippen LogP contribution in [-0.4, -0.2) is 28.7 Å². The van der Waals surface area contributed by atoms with Gasteiger partial charge in [0.15, 0.2) is 0 Å². The van der Waals surface area contributed by atoms with Crippen LogP contribution in [0.1, 0.15) is 33.0 Å². The van der Waals surface area contributed by atoms with Crippen LogP contribution in [-0.2, 0) is 14.4 Å². The lowest BCUT2D eigenvalue weighted by Crippen LogP contribution is -2.35. The molecule has 0 spiro atoms. The first-order valence-electron chi connectivity index (χ1n) is 12.0. The van der Waals surface area contributed by atoms with Gasteiger partial charge in [0, 0.05) is 5.56 Å². The van der Waals surface area contributed by atoms with E-state index in [1.165, 1.54) is 18.2 Å². The Hall–Kier alpha value is -4.98. The zero-order valence-electron chi connectivity index (χ0n) is 20.8. The van der Waals surface area contributed by atoms with Gasteiger partial charge in [0.25, 0.3) is 5.91 Å². The van der Waals surface area contributed by atoms with Crippen LogP contribution in [0.4, 0.5) is 11.4 Å². The number of rotatable bonds is 5. The highest BCUT2D eigenvalue weighted by molar-refractivity contribution is 6.31. The number of anilines is 2. The lowest BCUT2D eigenvalue weighted by molar-refractivity contribution is -0.129. The Labute approximate surface area is 218 Å². The molecule has 0 saturated carbocycles. The fourth-order valence-corrected chi connectivity index (χ4v) is 5.23. The highest BCUT2D eigenvalue weighted by Gasteiger charge is 2.54. The van der Waals surface area contributed by atoms with Gasteiger partial charge < -0.3 is 16.2 Å². The predicted molar refractivity (Wildman–Crippen MR) is 144 cm³/mol. The highest BCUT2D eigenvalue weighted by atomic mass is 16.3. The Balaban J connectivity index is 1.70. The van der Waals surface area contributed by atoms with E-state index >= 15 is 0 Å². The van der Waals surface area contributed by atoms with Crippen molar-refractivity contribution in [1.29, 1.82) is 0 Å². The number of fused-ring (bicyclic) bond motifs is 1. The molecule has 1 fully saturated rings. The summed E-state index contributed by atoms with van der Waals surface area (Å²) in [6.07, 6.45) is 0. The monoisotopic (exact) mass is 507 g/mol. The molecule has 1 saturated heterocycles. The Bertz CT molecular complexity index is 1620. The van der Waals surface area contributed by atoms with Crippen LogP contribution in [0.5, 0.6) is 5.75 Å². The number of hydrogen-bond acceptors (Lipinski definition) is 5. The van der Waals surface area contributed by atoms with E-state index in [0.29, 0.717) is 22.2 Å². The first kappa shape index (κ1) is 24.7. The number of hydrogen-bond donors (Lipinski definition) is 3. The van der Waals surface area contributed by atoms with Crippen molar-refractivity contribution in [2.24, 2.45) is 11.7 Å². The number of para-hydroxylation sites is 2. The molecule has 2 atom stereocenters. The fraction of sp³-hybridized carbons (Fsp3) is 0.133. The molecule has 38 heavy (non-hydrogen) atoms. The maximum Gasteiger partial charge on any atom is 0.250 e. The topological polar surface area (TPSA) is 130 Å². The molecule has 2 unspecified atom stereocenters. The van der Waals surface area contributed by atoms with Crippen molar-refractivity contribution in [3.05, 3.63) is 101 Å². The average Bonchev–Trinajstić information content (AvgIpc) is 3.14. The molecule has 5 rings (SSSR count). The number of imide groups is 1. The Kier molecular flexibility index (Phi) is 6.16. The second-order valence-corrected chi connectivity index (χ2v) is 9.33. The van der Waals surface area contributed by atoms with Crippen molar-refractivity contribution in [1.82, 2.24) is 0 Å². The molecule has 4 aromatic carbocycles. The number of nitrogens with two attached hydrogens (primary N) is 1. The van der Waals surface area contributed by atoms with Gasteiger partial charge in [0.1, 0.15) is 11.7 Å². The molecule has 1 heterocycles. The molecule has 8 nitrogen and oxygen atoms in total. The lowest BCUT2D eigenvalue weighted by atomic mass is 9.84. The van der Waals surface area contributed by atoms with Crippen molar-refractivity contribution in [2.75, 3.05) is 10.2 Å². The van der Waals surface area contributed by atoms with Crippen molar-refractivity contribution in [2.45, 2.75) is 19.8 Å². The summed E-state index contributed by atoms with van der Waals surface area (Å²) in [6.45, 7) is 3.56. The second kappa shape index (κ2) is 9.48. The molecule has 1 aliphatic rings. The number of nitrogens with one attached hydrogen (secondary N) is 1. The molecule has 8 heteroatoms. The van der Waals surface area contributed by atoms with E-state index in [2.05, 4.69) is 5.32 Å². The van der Waals surface area contributed by atoms with Crippen LogP contribution in [0.3, 0.4) is 0 Å². The summed E-state index contributed by atoms with van der Waals surface area (Å²) in [4.78, 5) is 54.8. The molecular weight excluding hydrogens is 482 g/mol.